The summed E-state index contributed by atoms with van der Waals surface area (Å²) in [6.45, 7) is 4.13. The molecule has 1 atom stereocenters. The van der Waals surface area contributed by atoms with Gasteiger partial charge in [-0.25, -0.2) is 9.90 Å². The van der Waals surface area contributed by atoms with Crippen LogP contribution in [-0.4, -0.2) is 5.97 Å². The molecule has 0 spiro atoms. The zero-order valence-electron chi connectivity index (χ0n) is 8.14. The summed E-state index contributed by atoms with van der Waals surface area (Å²) in [5.41, 5.74) is 0. The van der Waals surface area contributed by atoms with E-state index in [4.69, 9.17) is 0 Å². The first-order valence-electron chi connectivity index (χ1n) is 4.93. The van der Waals surface area contributed by atoms with E-state index < -0.39 is 5.97 Å². The minimum atomic E-state index is -0.868. The summed E-state index contributed by atoms with van der Waals surface area (Å²) in [5, 5.41) is 10.6. The monoisotopic (exact) mass is 171 g/mol. The Morgan fingerprint density at radius 2 is 1.75 bits per heavy atom. The Balaban J connectivity index is 3.56. The first kappa shape index (κ1) is 11.5. The van der Waals surface area contributed by atoms with Crippen LogP contribution >= 0.6 is 0 Å². The molecular formula is C10H19O2. The standard InChI is InChI=1S/C10H19O2/c1-3-5-6-8-9(7-4-2)10(11)12/h9H,3-8H2,1-2H3. The summed E-state index contributed by atoms with van der Waals surface area (Å²) in [5.74, 6) is -1.07. The molecule has 2 nitrogen and oxygen atoms in total. The third-order valence-electron chi connectivity index (χ3n) is 2.13. The van der Waals surface area contributed by atoms with E-state index in [-0.39, 0.29) is 5.92 Å². The predicted octanol–water partition coefficient (Wildman–Crippen LogP) is 2.94. The van der Waals surface area contributed by atoms with E-state index in [2.05, 4.69) is 6.92 Å². The van der Waals surface area contributed by atoms with Gasteiger partial charge in [-0.2, -0.15) is 0 Å². The fourth-order valence-electron chi connectivity index (χ4n) is 1.37. The minimum Gasteiger partial charge on any atom is -0.247 e. The second kappa shape index (κ2) is 7.14. The van der Waals surface area contributed by atoms with Crippen LogP contribution in [-0.2, 0) is 9.90 Å². The van der Waals surface area contributed by atoms with E-state index in [1.165, 1.54) is 0 Å². The molecule has 1 unspecified atom stereocenters. The van der Waals surface area contributed by atoms with Gasteiger partial charge in [0.2, 0.25) is 0 Å². The molecule has 0 N–H and O–H groups in total. The van der Waals surface area contributed by atoms with Gasteiger partial charge in [0.05, 0.1) is 5.92 Å². The maximum Gasteiger partial charge on any atom is 0.358 e. The molecule has 0 amide bonds. The van der Waals surface area contributed by atoms with Crippen molar-refractivity contribution in [3.8, 4) is 0 Å². The zero-order valence-corrected chi connectivity index (χ0v) is 8.14. The molecule has 0 aliphatic rings. The Bertz CT molecular complexity index is 121. The van der Waals surface area contributed by atoms with E-state index in [0.29, 0.717) is 0 Å². The van der Waals surface area contributed by atoms with Gasteiger partial charge in [0.1, 0.15) is 0 Å². The van der Waals surface area contributed by atoms with Gasteiger partial charge in [0, 0.05) is 0 Å². The molecule has 0 aromatic rings. The lowest BCUT2D eigenvalue weighted by Gasteiger charge is -2.07. The number of carbonyl (C=O) groups excluding carboxylic acids is 1. The van der Waals surface area contributed by atoms with E-state index in [0.717, 1.165) is 38.5 Å². The van der Waals surface area contributed by atoms with Gasteiger partial charge >= 0.3 is 5.97 Å². The highest BCUT2D eigenvalue weighted by molar-refractivity contribution is 5.69. The van der Waals surface area contributed by atoms with Crippen molar-refractivity contribution in [2.45, 2.75) is 52.4 Å². The van der Waals surface area contributed by atoms with Crippen LogP contribution in [0.15, 0.2) is 0 Å². The quantitative estimate of drug-likeness (QED) is 0.542. The van der Waals surface area contributed by atoms with Crippen LogP contribution in [0.25, 0.3) is 0 Å². The molecule has 0 aliphatic carbocycles. The second-order valence-corrected chi connectivity index (χ2v) is 3.30. The van der Waals surface area contributed by atoms with Gasteiger partial charge < -0.3 is 0 Å². The lowest BCUT2D eigenvalue weighted by atomic mass is 9.97. The molecule has 0 aromatic heterocycles. The van der Waals surface area contributed by atoms with Crippen molar-refractivity contribution in [1.82, 2.24) is 0 Å². The molecule has 0 saturated heterocycles. The molecule has 0 aliphatic heterocycles. The van der Waals surface area contributed by atoms with E-state index in [9.17, 15) is 9.90 Å². The summed E-state index contributed by atoms with van der Waals surface area (Å²) in [7, 11) is 0. The Labute approximate surface area is 75.0 Å². The van der Waals surface area contributed by atoms with Crippen molar-refractivity contribution in [2.24, 2.45) is 5.92 Å². The molecule has 0 rings (SSSR count). The number of unbranched alkanes of at least 4 members (excludes halogenated alkanes) is 2. The first-order valence-corrected chi connectivity index (χ1v) is 4.93. The number of hydrogen-bond acceptors (Lipinski definition) is 1. The van der Waals surface area contributed by atoms with Gasteiger partial charge in [0.15, 0.2) is 0 Å². The summed E-state index contributed by atoms with van der Waals surface area (Å²) >= 11 is 0. The number of carbonyl (C=O) groups is 1. The smallest absolute Gasteiger partial charge is 0.247 e. The lowest BCUT2D eigenvalue weighted by molar-refractivity contribution is -0.148. The van der Waals surface area contributed by atoms with Crippen molar-refractivity contribution in [3.63, 3.8) is 0 Å². The maximum absolute atomic E-state index is 10.6. The SMILES string of the molecule is CCCCCC(CCC)C([O])=O. The fraction of sp³-hybridized carbons (Fsp3) is 0.900. The highest BCUT2D eigenvalue weighted by atomic mass is 16.4. The van der Waals surface area contributed by atoms with Gasteiger partial charge in [-0.3, -0.25) is 0 Å². The highest BCUT2D eigenvalue weighted by Crippen LogP contribution is 2.15. The van der Waals surface area contributed by atoms with E-state index in [1.807, 2.05) is 6.92 Å². The van der Waals surface area contributed by atoms with Gasteiger partial charge in [-0.1, -0.05) is 39.5 Å². The summed E-state index contributed by atoms with van der Waals surface area (Å²) in [6, 6.07) is 0. The van der Waals surface area contributed by atoms with E-state index >= 15 is 0 Å². The summed E-state index contributed by atoms with van der Waals surface area (Å²) < 4.78 is 0. The Morgan fingerprint density at radius 3 is 2.17 bits per heavy atom. The van der Waals surface area contributed by atoms with Crippen molar-refractivity contribution in [3.05, 3.63) is 0 Å². The Hall–Kier alpha value is -0.530. The van der Waals surface area contributed by atoms with Gasteiger partial charge in [-0.15, -0.1) is 0 Å². The molecule has 2 heteroatoms. The fourth-order valence-corrected chi connectivity index (χ4v) is 1.37. The third-order valence-corrected chi connectivity index (χ3v) is 2.13. The van der Waals surface area contributed by atoms with Crippen molar-refractivity contribution in [1.29, 1.82) is 0 Å². The Morgan fingerprint density at radius 1 is 1.08 bits per heavy atom. The topological polar surface area (TPSA) is 37.0 Å². The minimum absolute atomic E-state index is 0.207. The molecule has 0 fully saturated rings. The van der Waals surface area contributed by atoms with Crippen LogP contribution in [0.4, 0.5) is 0 Å². The highest BCUT2D eigenvalue weighted by Gasteiger charge is 2.16. The predicted molar refractivity (Wildman–Crippen MR) is 48.2 cm³/mol. The number of rotatable bonds is 7. The van der Waals surface area contributed by atoms with Crippen LogP contribution in [0.1, 0.15) is 52.4 Å². The van der Waals surface area contributed by atoms with Crippen molar-refractivity contribution in [2.75, 3.05) is 0 Å². The summed E-state index contributed by atoms with van der Waals surface area (Å²) in [4.78, 5) is 10.6. The van der Waals surface area contributed by atoms with Crippen LogP contribution in [0.2, 0.25) is 0 Å². The average Bonchev–Trinajstić information content (AvgIpc) is 2.03. The van der Waals surface area contributed by atoms with Crippen molar-refractivity contribution >= 4 is 5.97 Å². The Kier molecular flexibility index (Phi) is 6.82. The molecule has 1 radical (unpaired) electrons. The zero-order chi connectivity index (χ0) is 9.40. The van der Waals surface area contributed by atoms with Crippen LogP contribution in [0.5, 0.6) is 0 Å². The lowest BCUT2D eigenvalue weighted by Crippen LogP contribution is -2.11. The van der Waals surface area contributed by atoms with E-state index in [1.54, 1.807) is 0 Å². The number of hydrogen-bond donors (Lipinski definition) is 0. The third kappa shape index (κ3) is 5.16. The largest absolute Gasteiger partial charge is 0.358 e. The molecule has 0 bridgehead atoms. The molecule has 0 aromatic carbocycles. The molecule has 71 valence electrons. The molecule has 0 saturated carbocycles. The van der Waals surface area contributed by atoms with Gasteiger partial charge in [0.25, 0.3) is 0 Å². The van der Waals surface area contributed by atoms with Crippen LogP contribution < -0.4 is 0 Å². The summed E-state index contributed by atoms with van der Waals surface area (Å²) in [6.07, 6.45) is 5.80. The van der Waals surface area contributed by atoms with Crippen LogP contribution in [0, 0.1) is 5.92 Å². The van der Waals surface area contributed by atoms with Gasteiger partial charge in [-0.05, 0) is 12.8 Å². The van der Waals surface area contributed by atoms with Crippen LogP contribution in [0.3, 0.4) is 0 Å². The molecule has 12 heavy (non-hydrogen) atoms. The van der Waals surface area contributed by atoms with Crippen molar-refractivity contribution < 1.29 is 9.90 Å². The first-order chi connectivity index (χ1) is 5.72. The average molecular weight is 171 g/mol. The molecule has 0 heterocycles. The second-order valence-electron chi connectivity index (χ2n) is 3.30. The normalized spacial score (nSPS) is 12.8. The molecular weight excluding hydrogens is 152 g/mol. The maximum atomic E-state index is 10.6.